The average molecular weight is 272 g/mol. The maximum absolute atomic E-state index is 5.89. The lowest BCUT2D eigenvalue weighted by Gasteiger charge is -2.30. The third-order valence-corrected chi connectivity index (χ3v) is 3.87. The van der Waals surface area contributed by atoms with Crippen molar-refractivity contribution in [2.75, 3.05) is 19.7 Å². The Bertz CT molecular complexity index is 498. The van der Waals surface area contributed by atoms with E-state index in [1.54, 1.807) is 6.20 Å². The summed E-state index contributed by atoms with van der Waals surface area (Å²) in [6.07, 6.45) is 2.80. The Kier molecular flexibility index (Phi) is 4.46. The van der Waals surface area contributed by atoms with Crippen LogP contribution in [0, 0.1) is 5.92 Å². The Morgan fingerprint density at radius 1 is 1.25 bits per heavy atom. The lowest BCUT2D eigenvalue weighted by molar-refractivity contribution is 0.0655. The zero-order valence-electron chi connectivity index (χ0n) is 11.5. The number of nitrogens with zero attached hydrogens (tertiary/aromatic N) is 1. The standard InChI is InChI=1S/C16H20N2O2/c1-2-4-13(5-3-1)11-19-12-14-10-17-8-6-15(14)16-7-9-18-20-16/h1-5,7,9,14-15,17H,6,8,10-12H2. The molecule has 1 N–H and O–H groups in total. The Balaban J connectivity index is 1.55. The second kappa shape index (κ2) is 6.68. The van der Waals surface area contributed by atoms with Gasteiger partial charge in [-0.05, 0) is 18.5 Å². The van der Waals surface area contributed by atoms with Crippen LogP contribution in [0.4, 0.5) is 0 Å². The summed E-state index contributed by atoms with van der Waals surface area (Å²) in [5.41, 5.74) is 1.22. The topological polar surface area (TPSA) is 47.3 Å². The molecule has 0 radical (unpaired) electrons. The van der Waals surface area contributed by atoms with Crippen LogP contribution < -0.4 is 5.32 Å². The molecule has 0 spiro atoms. The minimum atomic E-state index is 0.412. The van der Waals surface area contributed by atoms with Crippen LogP contribution in [0.3, 0.4) is 0 Å². The summed E-state index contributed by atoms with van der Waals surface area (Å²) in [6, 6.07) is 12.3. The van der Waals surface area contributed by atoms with E-state index in [0.717, 1.165) is 31.9 Å². The molecule has 2 aromatic rings. The number of aromatic nitrogens is 1. The van der Waals surface area contributed by atoms with Crippen molar-refractivity contribution in [1.82, 2.24) is 10.5 Å². The van der Waals surface area contributed by atoms with Crippen molar-refractivity contribution in [3.8, 4) is 0 Å². The van der Waals surface area contributed by atoms with E-state index in [1.165, 1.54) is 5.56 Å². The second-order valence-electron chi connectivity index (χ2n) is 5.27. The second-order valence-corrected chi connectivity index (χ2v) is 5.27. The fourth-order valence-corrected chi connectivity index (χ4v) is 2.79. The van der Waals surface area contributed by atoms with Gasteiger partial charge in [-0.2, -0.15) is 0 Å². The van der Waals surface area contributed by atoms with Crippen molar-refractivity contribution in [3.63, 3.8) is 0 Å². The molecule has 1 aromatic carbocycles. The molecule has 0 saturated carbocycles. The first-order valence-electron chi connectivity index (χ1n) is 7.16. The number of hydrogen-bond acceptors (Lipinski definition) is 4. The number of hydrogen-bond donors (Lipinski definition) is 1. The summed E-state index contributed by atoms with van der Waals surface area (Å²) in [5.74, 6) is 1.84. The highest BCUT2D eigenvalue weighted by Gasteiger charge is 2.28. The molecule has 1 saturated heterocycles. The summed E-state index contributed by atoms with van der Waals surface area (Å²) in [6.45, 7) is 3.41. The number of rotatable bonds is 5. The van der Waals surface area contributed by atoms with Gasteiger partial charge >= 0.3 is 0 Å². The van der Waals surface area contributed by atoms with Gasteiger partial charge < -0.3 is 14.6 Å². The van der Waals surface area contributed by atoms with Crippen LogP contribution in [0.5, 0.6) is 0 Å². The van der Waals surface area contributed by atoms with Crippen LogP contribution in [0.2, 0.25) is 0 Å². The average Bonchev–Trinajstić information content (AvgIpc) is 3.03. The Labute approximate surface area is 119 Å². The minimum absolute atomic E-state index is 0.412. The van der Waals surface area contributed by atoms with Gasteiger partial charge in [-0.1, -0.05) is 35.5 Å². The highest BCUT2D eigenvalue weighted by atomic mass is 16.5. The maximum atomic E-state index is 5.89. The van der Waals surface area contributed by atoms with Crippen molar-refractivity contribution < 1.29 is 9.26 Å². The molecule has 0 amide bonds. The van der Waals surface area contributed by atoms with E-state index < -0.39 is 0 Å². The van der Waals surface area contributed by atoms with E-state index >= 15 is 0 Å². The molecular weight excluding hydrogens is 252 g/mol. The van der Waals surface area contributed by atoms with Gasteiger partial charge in [-0.3, -0.25) is 0 Å². The molecule has 1 aliphatic rings. The molecule has 2 atom stereocenters. The van der Waals surface area contributed by atoms with E-state index in [0.29, 0.717) is 18.4 Å². The monoisotopic (exact) mass is 272 g/mol. The number of ether oxygens (including phenoxy) is 1. The van der Waals surface area contributed by atoms with Crippen LogP contribution in [0.1, 0.15) is 23.7 Å². The molecule has 1 fully saturated rings. The number of piperidine rings is 1. The molecular formula is C16H20N2O2. The summed E-state index contributed by atoms with van der Waals surface area (Å²) in [4.78, 5) is 0. The van der Waals surface area contributed by atoms with Crippen molar-refractivity contribution >= 4 is 0 Å². The summed E-state index contributed by atoms with van der Waals surface area (Å²) < 4.78 is 11.2. The van der Waals surface area contributed by atoms with Crippen LogP contribution in [-0.2, 0) is 11.3 Å². The first-order chi connectivity index (χ1) is 9.93. The number of nitrogens with one attached hydrogen (secondary N) is 1. The highest BCUT2D eigenvalue weighted by Crippen LogP contribution is 2.30. The zero-order valence-corrected chi connectivity index (χ0v) is 11.5. The van der Waals surface area contributed by atoms with Gasteiger partial charge in [0.2, 0.25) is 0 Å². The van der Waals surface area contributed by atoms with Gasteiger partial charge in [0.05, 0.1) is 19.4 Å². The normalized spacial score (nSPS) is 22.8. The molecule has 4 nitrogen and oxygen atoms in total. The largest absolute Gasteiger partial charge is 0.376 e. The van der Waals surface area contributed by atoms with Crippen molar-refractivity contribution in [2.24, 2.45) is 5.92 Å². The Morgan fingerprint density at radius 2 is 2.15 bits per heavy atom. The van der Waals surface area contributed by atoms with Crippen molar-refractivity contribution in [1.29, 1.82) is 0 Å². The SMILES string of the molecule is c1ccc(COCC2CNCCC2c2ccno2)cc1. The molecule has 1 aromatic heterocycles. The first kappa shape index (κ1) is 13.3. The van der Waals surface area contributed by atoms with E-state index in [9.17, 15) is 0 Å². The molecule has 1 aliphatic heterocycles. The van der Waals surface area contributed by atoms with Crippen LogP contribution in [0.25, 0.3) is 0 Å². The third-order valence-electron chi connectivity index (χ3n) is 3.87. The summed E-state index contributed by atoms with van der Waals surface area (Å²) in [7, 11) is 0. The quantitative estimate of drug-likeness (QED) is 0.909. The molecule has 106 valence electrons. The molecule has 3 rings (SSSR count). The summed E-state index contributed by atoms with van der Waals surface area (Å²) in [5, 5.41) is 7.26. The summed E-state index contributed by atoms with van der Waals surface area (Å²) >= 11 is 0. The molecule has 2 heterocycles. The number of benzene rings is 1. The van der Waals surface area contributed by atoms with E-state index in [2.05, 4.69) is 22.6 Å². The smallest absolute Gasteiger partial charge is 0.140 e. The molecule has 0 bridgehead atoms. The third kappa shape index (κ3) is 3.26. The van der Waals surface area contributed by atoms with Crippen molar-refractivity contribution in [2.45, 2.75) is 18.9 Å². The highest BCUT2D eigenvalue weighted by molar-refractivity contribution is 5.13. The van der Waals surface area contributed by atoms with Gasteiger partial charge in [0.15, 0.2) is 0 Å². The van der Waals surface area contributed by atoms with Crippen LogP contribution in [0.15, 0.2) is 47.1 Å². The van der Waals surface area contributed by atoms with E-state index in [1.807, 2.05) is 24.3 Å². The van der Waals surface area contributed by atoms with Crippen molar-refractivity contribution in [3.05, 3.63) is 53.9 Å². The molecule has 2 unspecified atom stereocenters. The van der Waals surface area contributed by atoms with Crippen LogP contribution >= 0.6 is 0 Å². The van der Waals surface area contributed by atoms with Gasteiger partial charge in [-0.15, -0.1) is 0 Å². The first-order valence-corrected chi connectivity index (χ1v) is 7.16. The molecule has 0 aliphatic carbocycles. The van der Waals surface area contributed by atoms with Gasteiger partial charge in [-0.25, -0.2) is 0 Å². The van der Waals surface area contributed by atoms with Gasteiger partial charge in [0.1, 0.15) is 5.76 Å². The van der Waals surface area contributed by atoms with E-state index in [-0.39, 0.29) is 0 Å². The predicted molar refractivity (Wildman–Crippen MR) is 76.3 cm³/mol. The molecule has 20 heavy (non-hydrogen) atoms. The van der Waals surface area contributed by atoms with Gasteiger partial charge in [0.25, 0.3) is 0 Å². The Morgan fingerprint density at radius 3 is 2.95 bits per heavy atom. The van der Waals surface area contributed by atoms with E-state index in [4.69, 9.17) is 9.26 Å². The van der Waals surface area contributed by atoms with Crippen LogP contribution in [-0.4, -0.2) is 24.9 Å². The fraction of sp³-hybridized carbons (Fsp3) is 0.438. The lowest BCUT2D eigenvalue weighted by Crippen LogP contribution is -2.37. The molecule has 4 heteroatoms. The zero-order chi connectivity index (χ0) is 13.6. The van der Waals surface area contributed by atoms with Gasteiger partial charge in [0, 0.05) is 24.4 Å². The fourth-order valence-electron chi connectivity index (χ4n) is 2.79. The lowest BCUT2D eigenvalue weighted by atomic mass is 9.85. The predicted octanol–water partition coefficient (Wildman–Crippen LogP) is 2.58. The maximum Gasteiger partial charge on any atom is 0.140 e. The minimum Gasteiger partial charge on any atom is -0.376 e. The Hall–Kier alpha value is -1.65.